The first-order valence-electron chi connectivity index (χ1n) is 7.63. The van der Waals surface area contributed by atoms with Gasteiger partial charge in [-0.3, -0.25) is 4.79 Å². The molecule has 110 valence electrons. The lowest BCUT2D eigenvalue weighted by molar-refractivity contribution is 0.278. The Morgan fingerprint density at radius 2 is 1.76 bits per heavy atom. The monoisotopic (exact) mass is 283 g/mol. The Bertz CT molecular complexity index is 679. The molecule has 0 spiro atoms. The van der Waals surface area contributed by atoms with Gasteiger partial charge in [0.25, 0.3) is 5.56 Å². The second-order valence-electron chi connectivity index (χ2n) is 5.88. The smallest absolute Gasteiger partial charge is 0.256 e. The number of aryl methyl sites for hydroxylation is 1. The van der Waals surface area contributed by atoms with Crippen LogP contribution >= 0.6 is 0 Å². The molecule has 0 amide bonds. The van der Waals surface area contributed by atoms with Crippen LogP contribution in [-0.4, -0.2) is 9.67 Å². The van der Waals surface area contributed by atoms with Gasteiger partial charge in [0.15, 0.2) is 0 Å². The molecular formula is C18H21NO2. The normalized spacial score (nSPS) is 15.5. The molecule has 0 atom stereocenters. The fraction of sp³-hybridized carbons (Fsp3) is 0.389. The lowest BCUT2D eigenvalue weighted by Gasteiger charge is -2.20. The Balaban J connectivity index is 2.17. The summed E-state index contributed by atoms with van der Waals surface area (Å²) in [6, 6.07) is 12.2. The van der Waals surface area contributed by atoms with Gasteiger partial charge in [0.1, 0.15) is 0 Å². The van der Waals surface area contributed by atoms with Crippen molar-refractivity contribution in [3.05, 3.63) is 57.9 Å². The first kappa shape index (κ1) is 14.1. The SMILES string of the molecule is Cc1ccc(-c2ccc(CO)c(=O)n2C2CCCC2)cc1. The number of benzene rings is 1. The molecule has 0 aliphatic heterocycles. The van der Waals surface area contributed by atoms with Crippen molar-refractivity contribution in [2.45, 2.75) is 45.3 Å². The Kier molecular flexibility index (Phi) is 3.93. The number of aliphatic hydroxyl groups is 1. The molecule has 21 heavy (non-hydrogen) atoms. The Morgan fingerprint density at radius 3 is 2.38 bits per heavy atom. The van der Waals surface area contributed by atoms with Gasteiger partial charge in [-0.1, -0.05) is 42.7 Å². The number of hydrogen-bond acceptors (Lipinski definition) is 2. The van der Waals surface area contributed by atoms with E-state index in [1.807, 2.05) is 10.6 Å². The van der Waals surface area contributed by atoms with E-state index in [9.17, 15) is 9.90 Å². The van der Waals surface area contributed by atoms with E-state index in [2.05, 4.69) is 31.2 Å². The van der Waals surface area contributed by atoms with Gasteiger partial charge in [0.05, 0.1) is 12.3 Å². The second kappa shape index (κ2) is 5.86. The lowest BCUT2D eigenvalue weighted by Crippen LogP contribution is -2.27. The fourth-order valence-corrected chi connectivity index (χ4v) is 3.20. The topological polar surface area (TPSA) is 42.2 Å². The molecule has 1 heterocycles. The minimum Gasteiger partial charge on any atom is -0.391 e. The van der Waals surface area contributed by atoms with Crippen molar-refractivity contribution in [1.82, 2.24) is 4.57 Å². The van der Waals surface area contributed by atoms with Crippen molar-refractivity contribution < 1.29 is 5.11 Å². The van der Waals surface area contributed by atoms with Gasteiger partial charge >= 0.3 is 0 Å². The quantitative estimate of drug-likeness (QED) is 0.937. The largest absolute Gasteiger partial charge is 0.391 e. The van der Waals surface area contributed by atoms with Crippen LogP contribution in [0.15, 0.2) is 41.2 Å². The summed E-state index contributed by atoms with van der Waals surface area (Å²) in [4.78, 5) is 12.7. The maximum atomic E-state index is 12.7. The van der Waals surface area contributed by atoms with Gasteiger partial charge in [-0.25, -0.2) is 0 Å². The maximum Gasteiger partial charge on any atom is 0.256 e. The van der Waals surface area contributed by atoms with Gasteiger partial charge in [0.2, 0.25) is 0 Å². The van der Waals surface area contributed by atoms with Crippen LogP contribution in [0.25, 0.3) is 11.3 Å². The van der Waals surface area contributed by atoms with Crippen molar-refractivity contribution in [3.63, 3.8) is 0 Å². The third-order valence-corrected chi connectivity index (χ3v) is 4.40. The molecule has 0 radical (unpaired) electrons. The average molecular weight is 283 g/mol. The van der Waals surface area contributed by atoms with E-state index in [1.54, 1.807) is 6.07 Å². The van der Waals surface area contributed by atoms with Gasteiger partial charge < -0.3 is 9.67 Å². The van der Waals surface area contributed by atoms with Crippen LogP contribution in [0.4, 0.5) is 0 Å². The van der Waals surface area contributed by atoms with Gasteiger partial charge in [-0.2, -0.15) is 0 Å². The van der Waals surface area contributed by atoms with Crippen molar-refractivity contribution in [2.75, 3.05) is 0 Å². The van der Waals surface area contributed by atoms with E-state index in [0.29, 0.717) is 5.56 Å². The Labute approximate surface area is 124 Å². The van der Waals surface area contributed by atoms with Crippen LogP contribution in [0, 0.1) is 6.92 Å². The summed E-state index contributed by atoms with van der Waals surface area (Å²) in [7, 11) is 0. The third-order valence-electron chi connectivity index (χ3n) is 4.40. The van der Waals surface area contributed by atoms with E-state index in [1.165, 1.54) is 18.4 Å². The highest BCUT2D eigenvalue weighted by atomic mass is 16.3. The number of pyridine rings is 1. The molecule has 3 heteroatoms. The molecule has 1 aliphatic carbocycles. The molecule has 1 fully saturated rings. The highest BCUT2D eigenvalue weighted by molar-refractivity contribution is 5.60. The summed E-state index contributed by atoms with van der Waals surface area (Å²) in [6.07, 6.45) is 4.45. The van der Waals surface area contributed by atoms with E-state index < -0.39 is 0 Å². The molecule has 1 saturated carbocycles. The van der Waals surface area contributed by atoms with Gasteiger partial charge in [-0.15, -0.1) is 0 Å². The summed E-state index contributed by atoms with van der Waals surface area (Å²) in [5.41, 5.74) is 3.68. The minimum atomic E-state index is -0.195. The van der Waals surface area contributed by atoms with Crippen LogP contribution in [-0.2, 0) is 6.61 Å². The lowest BCUT2D eigenvalue weighted by atomic mass is 10.1. The minimum absolute atomic E-state index is 0.0394. The average Bonchev–Trinajstić information content (AvgIpc) is 3.01. The molecule has 0 saturated heterocycles. The Morgan fingerprint density at radius 1 is 1.10 bits per heavy atom. The molecule has 0 bridgehead atoms. The van der Waals surface area contributed by atoms with Crippen LogP contribution in [0.5, 0.6) is 0 Å². The fourth-order valence-electron chi connectivity index (χ4n) is 3.20. The molecule has 1 aliphatic rings. The van der Waals surface area contributed by atoms with E-state index in [4.69, 9.17) is 0 Å². The third kappa shape index (κ3) is 2.66. The molecule has 3 nitrogen and oxygen atoms in total. The summed E-state index contributed by atoms with van der Waals surface area (Å²) < 4.78 is 1.91. The van der Waals surface area contributed by atoms with Crippen LogP contribution in [0.3, 0.4) is 0 Å². The summed E-state index contributed by atoms with van der Waals surface area (Å²) in [5.74, 6) is 0. The Hall–Kier alpha value is -1.87. The predicted octanol–water partition coefficient (Wildman–Crippen LogP) is 3.43. The van der Waals surface area contributed by atoms with Gasteiger partial charge in [-0.05, 0) is 37.5 Å². The van der Waals surface area contributed by atoms with Gasteiger partial charge in [0, 0.05) is 11.6 Å². The number of nitrogens with zero attached hydrogens (tertiary/aromatic N) is 1. The maximum absolute atomic E-state index is 12.7. The number of aliphatic hydroxyl groups excluding tert-OH is 1. The highest BCUT2D eigenvalue weighted by Crippen LogP contribution is 2.32. The number of hydrogen-bond donors (Lipinski definition) is 1. The molecule has 0 unspecified atom stereocenters. The number of rotatable bonds is 3. The van der Waals surface area contributed by atoms with Crippen LogP contribution in [0.2, 0.25) is 0 Å². The highest BCUT2D eigenvalue weighted by Gasteiger charge is 2.22. The molecule has 1 aromatic heterocycles. The molecule has 3 rings (SSSR count). The van der Waals surface area contributed by atoms with Crippen molar-refractivity contribution in [3.8, 4) is 11.3 Å². The first-order chi connectivity index (χ1) is 10.2. The standard InChI is InChI=1S/C18H21NO2/c1-13-6-8-14(9-7-13)17-11-10-15(12-20)18(21)19(17)16-4-2-3-5-16/h6-11,16,20H,2-5,12H2,1H3. The first-order valence-corrected chi connectivity index (χ1v) is 7.63. The van der Waals surface area contributed by atoms with E-state index in [0.717, 1.165) is 24.1 Å². The predicted molar refractivity (Wildman–Crippen MR) is 84.3 cm³/mol. The van der Waals surface area contributed by atoms with Crippen molar-refractivity contribution in [2.24, 2.45) is 0 Å². The van der Waals surface area contributed by atoms with E-state index >= 15 is 0 Å². The molecule has 1 N–H and O–H groups in total. The van der Waals surface area contributed by atoms with E-state index in [-0.39, 0.29) is 18.2 Å². The van der Waals surface area contributed by atoms with Crippen LogP contribution < -0.4 is 5.56 Å². The molecular weight excluding hydrogens is 262 g/mol. The van der Waals surface area contributed by atoms with Crippen molar-refractivity contribution >= 4 is 0 Å². The number of aromatic nitrogens is 1. The molecule has 1 aromatic carbocycles. The van der Waals surface area contributed by atoms with Crippen LogP contribution in [0.1, 0.15) is 42.9 Å². The summed E-state index contributed by atoms with van der Waals surface area (Å²) in [5, 5.41) is 9.37. The zero-order chi connectivity index (χ0) is 14.8. The summed E-state index contributed by atoms with van der Waals surface area (Å²) in [6.45, 7) is 1.86. The zero-order valence-corrected chi connectivity index (χ0v) is 12.4. The molecule has 2 aromatic rings. The van der Waals surface area contributed by atoms with Crippen molar-refractivity contribution in [1.29, 1.82) is 0 Å². The second-order valence-corrected chi connectivity index (χ2v) is 5.88. The zero-order valence-electron chi connectivity index (χ0n) is 12.4. The summed E-state index contributed by atoms with van der Waals surface area (Å²) >= 11 is 0.